The second kappa shape index (κ2) is 6.33. The van der Waals surface area contributed by atoms with Crippen LogP contribution in [0, 0.1) is 0 Å². The number of nitrogens with zero attached hydrogens (tertiary/aromatic N) is 1. The van der Waals surface area contributed by atoms with Crippen molar-refractivity contribution >= 4 is 11.8 Å². The van der Waals surface area contributed by atoms with E-state index in [1.807, 2.05) is 30.3 Å². The third-order valence-electron chi connectivity index (χ3n) is 3.24. The number of rotatable bonds is 3. The van der Waals surface area contributed by atoms with Crippen LogP contribution >= 0.6 is 0 Å². The number of carbonyl (C=O) groups is 2. The minimum Gasteiger partial charge on any atom is -0.354 e. The first kappa shape index (κ1) is 13.5. The van der Waals surface area contributed by atoms with Gasteiger partial charge in [-0.2, -0.15) is 0 Å². The van der Waals surface area contributed by atoms with Gasteiger partial charge >= 0.3 is 0 Å². The quantitative estimate of drug-likeness (QED) is 0.798. The van der Waals surface area contributed by atoms with Gasteiger partial charge in [-0.3, -0.25) is 9.59 Å². The molecule has 1 aliphatic rings. The van der Waals surface area contributed by atoms with Gasteiger partial charge in [0.05, 0.1) is 6.04 Å². The van der Waals surface area contributed by atoms with Crippen LogP contribution in [0.3, 0.4) is 0 Å². The van der Waals surface area contributed by atoms with Crippen LogP contribution in [0.4, 0.5) is 0 Å². The fraction of sp³-hybridized carbons (Fsp3) is 0.429. The van der Waals surface area contributed by atoms with E-state index in [1.165, 1.54) is 0 Å². The summed E-state index contributed by atoms with van der Waals surface area (Å²) in [5.74, 6) is -0.0905. The number of hydrogen-bond donors (Lipinski definition) is 2. The first-order chi connectivity index (χ1) is 9.16. The Labute approximate surface area is 112 Å². The maximum atomic E-state index is 12.2. The molecular weight excluding hydrogens is 242 g/mol. The molecule has 1 heterocycles. The summed E-state index contributed by atoms with van der Waals surface area (Å²) in [7, 11) is 0. The van der Waals surface area contributed by atoms with Crippen molar-refractivity contribution in [3.8, 4) is 0 Å². The van der Waals surface area contributed by atoms with Crippen molar-refractivity contribution in [2.24, 2.45) is 5.73 Å². The minimum atomic E-state index is -0.546. The molecule has 0 bridgehead atoms. The molecule has 1 aliphatic heterocycles. The van der Waals surface area contributed by atoms with E-state index in [9.17, 15) is 9.59 Å². The molecule has 0 unspecified atom stereocenters. The van der Waals surface area contributed by atoms with Crippen LogP contribution in [0.1, 0.15) is 12.0 Å². The molecule has 102 valence electrons. The number of amides is 2. The van der Waals surface area contributed by atoms with Gasteiger partial charge in [-0.05, 0) is 12.0 Å². The highest BCUT2D eigenvalue weighted by atomic mass is 16.2. The number of hydrogen-bond acceptors (Lipinski definition) is 3. The maximum Gasteiger partial charge on any atom is 0.239 e. The van der Waals surface area contributed by atoms with Crippen molar-refractivity contribution < 1.29 is 9.59 Å². The zero-order valence-corrected chi connectivity index (χ0v) is 10.8. The summed E-state index contributed by atoms with van der Waals surface area (Å²) in [6.07, 6.45) is 0.876. The summed E-state index contributed by atoms with van der Waals surface area (Å²) in [6, 6.07) is 9.17. The molecule has 2 amide bonds. The van der Waals surface area contributed by atoms with Crippen LogP contribution in [0.2, 0.25) is 0 Å². The van der Waals surface area contributed by atoms with Crippen LogP contribution in [0.15, 0.2) is 30.3 Å². The van der Waals surface area contributed by atoms with Crippen molar-refractivity contribution in [1.82, 2.24) is 10.2 Å². The Hall–Kier alpha value is -1.88. The molecule has 1 atom stereocenters. The van der Waals surface area contributed by atoms with Gasteiger partial charge in [-0.1, -0.05) is 30.3 Å². The fourth-order valence-electron chi connectivity index (χ4n) is 2.18. The predicted octanol–water partition coefficient (Wildman–Crippen LogP) is -0.0951. The van der Waals surface area contributed by atoms with Gasteiger partial charge in [0, 0.05) is 26.1 Å². The van der Waals surface area contributed by atoms with Gasteiger partial charge in [-0.15, -0.1) is 0 Å². The van der Waals surface area contributed by atoms with Gasteiger partial charge in [-0.25, -0.2) is 0 Å². The topological polar surface area (TPSA) is 75.4 Å². The molecule has 0 saturated carbocycles. The first-order valence-electron chi connectivity index (χ1n) is 6.52. The molecule has 1 aromatic rings. The molecule has 19 heavy (non-hydrogen) atoms. The Morgan fingerprint density at radius 1 is 1.32 bits per heavy atom. The summed E-state index contributed by atoms with van der Waals surface area (Å²) in [5.41, 5.74) is 7.02. The molecule has 1 aromatic carbocycles. The van der Waals surface area contributed by atoms with E-state index in [4.69, 9.17) is 5.73 Å². The van der Waals surface area contributed by atoms with E-state index in [0.717, 1.165) is 5.56 Å². The van der Waals surface area contributed by atoms with Crippen LogP contribution in [0.25, 0.3) is 0 Å². The van der Waals surface area contributed by atoms with Crippen LogP contribution in [-0.4, -0.2) is 42.4 Å². The Kier molecular flexibility index (Phi) is 4.52. The molecule has 1 saturated heterocycles. The average Bonchev–Trinajstić information content (AvgIpc) is 2.64. The average molecular weight is 261 g/mol. The van der Waals surface area contributed by atoms with Crippen molar-refractivity contribution in [3.63, 3.8) is 0 Å². The van der Waals surface area contributed by atoms with Crippen molar-refractivity contribution in [1.29, 1.82) is 0 Å². The number of nitrogens with one attached hydrogen (secondary N) is 1. The molecular formula is C14H19N3O2. The highest BCUT2D eigenvalue weighted by Gasteiger charge is 2.23. The van der Waals surface area contributed by atoms with E-state index in [0.29, 0.717) is 32.5 Å². The van der Waals surface area contributed by atoms with Gasteiger partial charge in [0.15, 0.2) is 0 Å². The highest BCUT2D eigenvalue weighted by Crippen LogP contribution is 2.06. The normalized spacial score (nSPS) is 17.5. The minimum absolute atomic E-state index is 0.00747. The molecule has 3 N–H and O–H groups in total. The SMILES string of the molecule is N[C@H](Cc1ccccc1)C(=O)N1CCNC(=O)CC1. The lowest BCUT2D eigenvalue weighted by molar-refractivity contribution is -0.132. The molecule has 0 radical (unpaired) electrons. The van der Waals surface area contributed by atoms with E-state index in [-0.39, 0.29) is 11.8 Å². The zero-order chi connectivity index (χ0) is 13.7. The smallest absolute Gasteiger partial charge is 0.239 e. The summed E-state index contributed by atoms with van der Waals surface area (Å²) in [6.45, 7) is 1.49. The van der Waals surface area contributed by atoms with E-state index < -0.39 is 6.04 Å². The van der Waals surface area contributed by atoms with Crippen molar-refractivity contribution in [2.45, 2.75) is 18.9 Å². The summed E-state index contributed by atoms with van der Waals surface area (Å²) in [4.78, 5) is 25.1. The second-order valence-electron chi connectivity index (χ2n) is 4.72. The van der Waals surface area contributed by atoms with Gasteiger partial charge < -0.3 is 16.0 Å². The van der Waals surface area contributed by atoms with Crippen LogP contribution in [-0.2, 0) is 16.0 Å². The highest BCUT2D eigenvalue weighted by molar-refractivity contribution is 5.83. The van der Waals surface area contributed by atoms with E-state index >= 15 is 0 Å². The zero-order valence-electron chi connectivity index (χ0n) is 10.8. The van der Waals surface area contributed by atoms with Gasteiger partial charge in [0.2, 0.25) is 11.8 Å². The molecule has 1 fully saturated rings. The second-order valence-corrected chi connectivity index (χ2v) is 4.72. The third-order valence-corrected chi connectivity index (χ3v) is 3.24. The van der Waals surface area contributed by atoms with Gasteiger partial charge in [0.25, 0.3) is 0 Å². The summed E-state index contributed by atoms with van der Waals surface area (Å²) < 4.78 is 0. The molecule has 0 aromatic heterocycles. The predicted molar refractivity (Wildman–Crippen MR) is 72.3 cm³/mol. The molecule has 5 heteroatoms. The lowest BCUT2D eigenvalue weighted by Gasteiger charge is -2.23. The Bertz CT molecular complexity index is 447. The van der Waals surface area contributed by atoms with Crippen molar-refractivity contribution in [2.75, 3.05) is 19.6 Å². The van der Waals surface area contributed by atoms with E-state index in [2.05, 4.69) is 5.32 Å². The summed E-state index contributed by atoms with van der Waals surface area (Å²) >= 11 is 0. The first-order valence-corrected chi connectivity index (χ1v) is 6.52. The number of nitrogens with two attached hydrogens (primary N) is 1. The standard InChI is InChI=1S/C14H19N3O2/c15-12(10-11-4-2-1-3-5-11)14(19)17-8-6-13(18)16-7-9-17/h1-5,12H,6-10,15H2,(H,16,18)/t12-/m1/s1. The fourth-order valence-corrected chi connectivity index (χ4v) is 2.18. The Morgan fingerprint density at radius 3 is 2.79 bits per heavy atom. The van der Waals surface area contributed by atoms with E-state index in [1.54, 1.807) is 4.90 Å². The summed E-state index contributed by atoms with van der Waals surface area (Å²) in [5, 5.41) is 2.74. The Balaban J connectivity index is 1.93. The molecule has 5 nitrogen and oxygen atoms in total. The molecule has 0 aliphatic carbocycles. The third kappa shape index (κ3) is 3.79. The lowest BCUT2D eigenvalue weighted by atomic mass is 10.1. The largest absolute Gasteiger partial charge is 0.354 e. The number of benzene rings is 1. The Morgan fingerprint density at radius 2 is 2.05 bits per heavy atom. The maximum absolute atomic E-state index is 12.2. The van der Waals surface area contributed by atoms with Crippen molar-refractivity contribution in [3.05, 3.63) is 35.9 Å². The monoisotopic (exact) mass is 261 g/mol. The molecule has 0 spiro atoms. The lowest BCUT2D eigenvalue weighted by Crippen LogP contribution is -2.46. The van der Waals surface area contributed by atoms with Crippen LogP contribution in [0.5, 0.6) is 0 Å². The molecule has 2 rings (SSSR count). The number of carbonyl (C=O) groups excluding carboxylic acids is 2. The van der Waals surface area contributed by atoms with Gasteiger partial charge in [0.1, 0.15) is 0 Å². The van der Waals surface area contributed by atoms with Crippen LogP contribution < -0.4 is 11.1 Å².